The predicted molar refractivity (Wildman–Crippen MR) is 130 cm³/mol. The van der Waals surface area contributed by atoms with Crippen LogP contribution in [0.15, 0.2) is 71.9 Å². The monoisotopic (exact) mass is 546 g/mol. The number of imidazole rings is 1. The molecule has 3 aromatic carbocycles. The molecule has 0 saturated carbocycles. The fraction of sp³-hybridized carbons (Fsp3) is 0.167. The van der Waals surface area contributed by atoms with E-state index in [2.05, 4.69) is 45.4 Å². The van der Waals surface area contributed by atoms with Gasteiger partial charge >= 0.3 is 5.97 Å². The van der Waals surface area contributed by atoms with Crippen LogP contribution in [0.2, 0.25) is 0 Å². The Bertz CT molecular complexity index is 1240. The number of rotatable bonds is 7. The lowest BCUT2D eigenvalue weighted by Gasteiger charge is -2.10. The van der Waals surface area contributed by atoms with Crippen molar-refractivity contribution in [3.8, 4) is 0 Å². The molecule has 0 bridgehead atoms. The van der Waals surface area contributed by atoms with Gasteiger partial charge in [0.2, 0.25) is 0 Å². The first kappa shape index (κ1) is 21.8. The van der Waals surface area contributed by atoms with E-state index in [-0.39, 0.29) is 11.8 Å². The molecule has 0 aliphatic heterocycles. The van der Waals surface area contributed by atoms with Gasteiger partial charge in [0.25, 0.3) is 0 Å². The summed E-state index contributed by atoms with van der Waals surface area (Å²) < 4.78 is 22.1. The quantitative estimate of drug-likeness (QED) is 0.155. The fourth-order valence-electron chi connectivity index (χ4n) is 3.30. The van der Waals surface area contributed by atoms with Gasteiger partial charge in [0.1, 0.15) is 5.82 Å². The Labute approximate surface area is 198 Å². The van der Waals surface area contributed by atoms with Crippen molar-refractivity contribution >= 4 is 51.4 Å². The molecular formula is C24H20FIN2O2S. The number of carbonyl (C=O) groups excluding carboxylic acids is 1. The van der Waals surface area contributed by atoms with Crippen molar-refractivity contribution in [1.29, 1.82) is 0 Å². The molecule has 1 heterocycles. The largest absolute Gasteiger partial charge is 0.462 e. The number of esters is 1. The van der Waals surface area contributed by atoms with Crippen LogP contribution in [-0.2, 0) is 17.0 Å². The second-order valence-corrected chi connectivity index (χ2v) is 9.14. The highest BCUT2D eigenvalue weighted by Crippen LogP contribution is 2.29. The minimum Gasteiger partial charge on any atom is -0.462 e. The highest BCUT2D eigenvalue weighted by Gasteiger charge is 2.15. The minimum atomic E-state index is -0.364. The third-order valence-corrected chi connectivity index (χ3v) is 6.43. The zero-order valence-electron chi connectivity index (χ0n) is 16.8. The number of aromatic nitrogens is 2. The van der Waals surface area contributed by atoms with Crippen molar-refractivity contribution in [3.63, 3.8) is 0 Å². The fourth-order valence-corrected chi connectivity index (χ4v) is 4.87. The third kappa shape index (κ3) is 5.27. The number of fused-ring (bicyclic) bond motifs is 1. The van der Waals surface area contributed by atoms with Crippen molar-refractivity contribution in [1.82, 2.24) is 9.55 Å². The van der Waals surface area contributed by atoms with E-state index in [9.17, 15) is 9.18 Å². The maximum atomic E-state index is 13.7. The summed E-state index contributed by atoms with van der Waals surface area (Å²) in [6.07, 6.45) is 0. The first-order chi connectivity index (χ1) is 15.0. The van der Waals surface area contributed by atoms with Gasteiger partial charge in [-0.25, -0.2) is 14.2 Å². The highest BCUT2D eigenvalue weighted by atomic mass is 127. The molecular weight excluding hydrogens is 526 g/mol. The van der Waals surface area contributed by atoms with Crippen LogP contribution in [0.5, 0.6) is 0 Å². The van der Waals surface area contributed by atoms with Crippen molar-refractivity contribution in [2.24, 2.45) is 0 Å². The number of hydrogen-bond donors (Lipinski definition) is 0. The topological polar surface area (TPSA) is 44.1 Å². The molecule has 0 aliphatic rings. The Morgan fingerprint density at radius 2 is 1.90 bits per heavy atom. The third-order valence-electron chi connectivity index (χ3n) is 4.71. The van der Waals surface area contributed by atoms with Crippen LogP contribution >= 0.6 is 34.4 Å². The zero-order chi connectivity index (χ0) is 21.8. The van der Waals surface area contributed by atoms with Crippen molar-refractivity contribution in [3.05, 3.63) is 92.8 Å². The van der Waals surface area contributed by atoms with Crippen molar-refractivity contribution in [2.75, 3.05) is 6.61 Å². The summed E-state index contributed by atoms with van der Waals surface area (Å²) in [5, 5.41) is 0.819. The highest BCUT2D eigenvalue weighted by molar-refractivity contribution is 14.1. The second-order valence-electron chi connectivity index (χ2n) is 6.95. The van der Waals surface area contributed by atoms with Gasteiger partial charge < -0.3 is 9.30 Å². The van der Waals surface area contributed by atoms with Crippen LogP contribution in [0.1, 0.15) is 28.4 Å². The molecule has 158 valence electrons. The van der Waals surface area contributed by atoms with Gasteiger partial charge in [-0.3, -0.25) is 0 Å². The van der Waals surface area contributed by atoms with E-state index >= 15 is 0 Å². The number of ether oxygens (including phenoxy) is 1. The lowest BCUT2D eigenvalue weighted by atomic mass is 10.2. The van der Waals surface area contributed by atoms with Crippen LogP contribution in [0.3, 0.4) is 0 Å². The van der Waals surface area contributed by atoms with Crippen LogP contribution < -0.4 is 0 Å². The Balaban J connectivity index is 1.71. The van der Waals surface area contributed by atoms with E-state index in [4.69, 9.17) is 9.72 Å². The zero-order valence-corrected chi connectivity index (χ0v) is 19.8. The van der Waals surface area contributed by atoms with E-state index in [1.54, 1.807) is 36.9 Å². The predicted octanol–water partition coefficient (Wildman–Crippen LogP) is 6.30. The summed E-state index contributed by atoms with van der Waals surface area (Å²) >= 11 is 3.92. The standard InChI is InChI=1S/C24H20FIN2O2S/c1-2-30-23(29)18-9-10-22-21(13-18)27-24(31-15-17-6-4-8-20(26)12-17)28(22)14-16-5-3-7-19(25)11-16/h3-13H,2,14-15H2,1H3. The number of halogens is 2. The Morgan fingerprint density at radius 1 is 1.10 bits per heavy atom. The molecule has 0 atom stereocenters. The smallest absolute Gasteiger partial charge is 0.338 e. The van der Waals surface area contributed by atoms with Crippen LogP contribution in [0.25, 0.3) is 11.0 Å². The average molecular weight is 546 g/mol. The summed E-state index contributed by atoms with van der Waals surface area (Å²) in [5.41, 5.74) is 4.13. The van der Waals surface area contributed by atoms with Crippen LogP contribution in [0, 0.1) is 9.39 Å². The van der Waals surface area contributed by atoms with Gasteiger partial charge in [-0.1, -0.05) is 36.0 Å². The molecule has 0 fully saturated rings. The van der Waals surface area contributed by atoms with Crippen LogP contribution in [-0.4, -0.2) is 22.1 Å². The molecule has 7 heteroatoms. The second kappa shape index (κ2) is 9.82. The maximum Gasteiger partial charge on any atom is 0.338 e. The van der Waals surface area contributed by atoms with E-state index in [0.29, 0.717) is 24.2 Å². The molecule has 0 spiro atoms. The molecule has 4 nitrogen and oxygen atoms in total. The summed E-state index contributed by atoms with van der Waals surface area (Å²) in [7, 11) is 0. The number of hydrogen-bond acceptors (Lipinski definition) is 4. The maximum absolute atomic E-state index is 13.7. The summed E-state index contributed by atoms with van der Waals surface area (Å²) in [5.74, 6) is 0.130. The molecule has 1 aromatic heterocycles. The molecule has 4 rings (SSSR count). The van der Waals surface area contributed by atoms with Gasteiger partial charge in [-0.05, 0) is 83.1 Å². The van der Waals surface area contributed by atoms with Crippen molar-refractivity contribution in [2.45, 2.75) is 24.4 Å². The van der Waals surface area contributed by atoms with Gasteiger partial charge in [0.05, 0.1) is 29.7 Å². The average Bonchev–Trinajstić information content (AvgIpc) is 3.09. The number of carbonyl (C=O) groups is 1. The first-order valence-corrected chi connectivity index (χ1v) is 11.9. The number of thioether (sulfide) groups is 1. The molecule has 4 aromatic rings. The lowest BCUT2D eigenvalue weighted by Crippen LogP contribution is -2.05. The van der Waals surface area contributed by atoms with E-state index < -0.39 is 0 Å². The summed E-state index contributed by atoms with van der Waals surface area (Å²) in [6, 6.07) is 20.3. The Hall–Kier alpha value is -2.39. The van der Waals surface area contributed by atoms with E-state index in [0.717, 1.165) is 22.0 Å². The molecule has 31 heavy (non-hydrogen) atoms. The van der Waals surface area contributed by atoms with Gasteiger partial charge in [0.15, 0.2) is 5.16 Å². The molecule has 0 N–H and O–H groups in total. The van der Waals surface area contributed by atoms with Crippen LogP contribution in [0.4, 0.5) is 4.39 Å². The first-order valence-electron chi connectivity index (χ1n) is 9.82. The number of benzene rings is 3. The molecule has 0 unspecified atom stereocenters. The Morgan fingerprint density at radius 3 is 2.68 bits per heavy atom. The molecule has 0 saturated heterocycles. The molecule has 0 aliphatic carbocycles. The normalized spacial score (nSPS) is 11.1. The van der Waals surface area contributed by atoms with Gasteiger partial charge in [-0.2, -0.15) is 0 Å². The summed E-state index contributed by atoms with van der Waals surface area (Å²) in [4.78, 5) is 16.9. The minimum absolute atomic E-state index is 0.264. The van der Waals surface area contributed by atoms with E-state index in [1.807, 2.05) is 18.2 Å². The Kier molecular flexibility index (Phi) is 6.92. The van der Waals surface area contributed by atoms with Gasteiger partial charge in [0, 0.05) is 9.32 Å². The SMILES string of the molecule is CCOC(=O)c1ccc2c(c1)nc(SCc1cccc(I)c1)n2Cc1cccc(F)c1. The molecule has 0 amide bonds. The van der Waals surface area contributed by atoms with E-state index in [1.165, 1.54) is 21.3 Å². The molecule has 0 radical (unpaired) electrons. The van der Waals surface area contributed by atoms with Crippen molar-refractivity contribution < 1.29 is 13.9 Å². The van der Waals surface area contributed by atoms with Gasteiger partial charge in [-0.15, -0.1) is 0 Å². The lowest BCUT2D eigenvalue weighted by molar-refractivity contribution is 0.0526. The summed E-state index contributed by atoms with van der Waals surface area (Å²) in [6.45, 7) is 2.59. The number of nitrogens with zero attached hydrogens (tertiary/aromatic N) is 2.